The standard InChI is InChI=1S/C15H20N2O/c1-4-15(18)12-7-5-6-8-14(12)17-10-9-13(16-17)11(2)3/h5-11,15,18H,4H2,1-3H3. The molecule has 1 aromatic heterocycles. The highest BCUT2D eigenvalue weighted by Crippen LogP contribution is 2.24. The molecule has 1 heterocycles. The SMILES string of the molecule is CCC(O)c1ccccc1-n1ccc(C(C)C)n1. The highest BCUT2D eigenvalue weighted by molar-refractivity contribution is 5.41. The lowest BCUT2D eigenvalue weighted by Crippen LogP contribution is -2.05. The molecule has 0 aliphatic rings. The Balaban J connectivity index is 2.43. The maximum absolute atomic E-state index is 10.0. The first-order valence-electron chi connectivity index (χ1n) is 6.46. The van der Waals surface area contributed by atoms with Crippen LogP contribution in [0, 0.1) is 0 Å². The van der Waals surface area contributed by atoms with Crippen molar-refractivity contribution >= 4 is 0 Å². The second-order valence-corrected chi connectivity index (χ2v) is 4.82. The van der Waals surface area contributed by atoms with E-state index in [9.17, 15) is 5.11 Å². The van der Waals surface area contributed by atoms with Gasteiger partial charge in [0.25, 0.3) is 0 Å². The largest absolute Gasteiger partial charge is 0.388 e. The zero-order chi connectivity index (χ0) is 13.1. The predicted octanol–water partition coefficient (Wildman–Crippen LogP) is 3.44. The van der Waals surface area contributed by atoms with Gasteiger partial charge < -0.3 is 5.11 Å². The molecule has 0 saturated heterocycles. The summed E-state index contributed by atoms with van der Waals surface area (Å²) in [7, 11) is 0. The van der Waals surface area contributed by atoms with Crippen LogP contribution in [0.1, 0.15) is 50.5 Å². The van der Waals surface area contributed by atoms with Crippen molar-refractivity contribution in [2.45, 2.75) is 39.2 Å². The zero-order valence-corrected chi connectivity index (χ0v) is 11.2. The average Bonchev–Trinajstić information content (AvgIpc) is 2.87. The number of hydrogen-bond donors (Lipinski definition) is 1. The minimum atomic E-state index is -0.437. The maximum Gasteiger partial charge on any atom is 0.0808 e. The van der Waals surface area contributed by atoms with Gasteiger partial charge in [0.1, 0.15) is 0 Å². The van der Waals surface area contributed by atoms with Gasteiger partial charge in [-0.15, -0.1) is 0 Å². The fourth-order valence-electron chi connectivity index (χ4n) is 1.98. The molecule has 1 N–H and O–H groups in total. The summed E-state index contributed by atoms with van der Waals surface area (Å²) in [5, 5.41) is 14.6. The van der Waals surface area contributed by atoms with E-state index < -0.39 is 6.10 Å². The fourth-order valence-corrected chi connectivity index (χ4v) is 1.98. The van der Waals surface area contributed by atoms with Crippen molar-refractivity contribution in [2.24, 2.45) is 0 Å². The molecule has 0 radical (unpaired) electrons. The number of nitrogens with zero attached hydrogens (tertiary/aromatic N) is 2. The van der Waals surface area contributed by atoms with Crippen LogP contribution in [-0.2, 0) is 0 Å². The van der Waals surface area contributed by atoms with Crippen LogP contribution in [0.4, 0.5) is 0 Å². The van der Waals surface area contributed by atoms with Crippen LogP contribution in [0.25, 0.3) is 5.69 Å². The first-order valence-corrected chi connectivity index (χ1v) is 6.46. The van der Waals surface area contributed by atoms with E-state index in [1.165, 1.54) is 0 Å². The Morgan fingerprint density at radius 2 is 1.94 bits per heavy atom. The molecule has 3 heteroatoms. The molecular formula is C15H20N2O. The number of para-hydroxylation sites is 1. The molecule has 1 unspecified atom stereocenters. The summed E-state index contributed by atoms with van der Waals surface area (Å²) in [6, 6.07) is 9.90. The number of hydrogen-bond acceptors (Lipinski definition) is 2. The predicted molar refractivity (Wildman–Crippen MR) is 72.9 cm³/mol. The molecule has 96 valence electrons. The van der Waals surface area contributed by atoms with Crippen LogP contribution in [0.5, 0.6) is 0 Å². The van der Waals surface area contributed by atoms with Crippen LogP contribution < -0.4 is 0 Å². The van der Waals surface area contributed by atoms with E-state index in [0.717, 1.165) is 16.9 Å². The van der Waals surface area contributed by atoms with Gasteiger partial charge in [0.15, 0.2) is 0 Å². The zero-order valence-electron chi connectivity index (χ0n) is 11.2. The van der Waals surface area contributed by atoms with Crippen molar-refractivity contribution in [3.05, 3.63) is 47.8 Å². The van der Waals surface area contributed by atoms with Gasteiger partial charge >= 0.3 is 0 Å². The Bertz CT molecular complexity index is 517. The first kappa shape index (κ1) is 12.8. The Kier molecular flexibility index (Phi) is 3.82. The topological polar surface area (TPSA) is 38.0 Å². The van der Waals surface area contributed by atoms with Gasteiger partial charge in [0, 0.05) is 11.8 Å². The van der Waals surface area contributed by atoms with Crippen molar-refractivity contribution in [3.8, 4) is 5.69 Å². The molecule has 0 saturated carbocycles. The molecule has 1 atom stereocenters. The van der Waals surface area contributed by atoms with Gasteiger partial charge in [-0.25, -0.2) is 4.68 Å². The van der Waals surface area contributed by atoms with E-state index in [-0.39, 0.29) is 0 Å². The van der Waals surface area contributed by atoms with E-state index in [2.05, 4.69) is 18.9 Å². The molecule has 2 aromatic rings. The summed E-state index contributed by atoms with van der Waals surface area (Å²) >= 11 is 0. The molecule has 0 bridgehead atoms. The van der Waals surface area contributed by atoms with Crippen LogP contribution >= 0.6 is 0 Å². The molecule has 0 spiro atoms. The average molecular weight is 244 g/mol. The second-order valence-electron chi connectivity index (χ2n) is 4.82. The summed E-state index contributed by atoms with van der Waals surface area (Å²) in [6.07, 6.45) is 2.22. The van der Waals surface area contributed by atoms with Crippen molar-refractivity contribution in [1.82, 2.24) is 9.78 Å². The van der Waals surface area contributed by atoms with Crippen LogP contribution in [0.15, 0.2) is 36.5 Å². The molecule has 1 aromatic carbocycles. The summed E-state index contributed by atoms with van der Waals surface area (Å²) in [5.74, 6) is 0.412. The van der Waals surface area contributed by atoms with Crippen molar-refractivity contribution in [2.75, 3.05) is 0 Å². The monoisotopic (exact) mass is 244 g/mol. The van der Waals surface area contributed by atoms with Crippen LogP contribution in [0.2, 0.25) is 0 Å². The third kappa shape index (κ3) is 2.46. The minimum absolute atomic E-state index is 0.412. The highest BCUT2D eigenvalue weighted by Gasteiger charge is 2.12. The lowest BCUT2D eigenvalue weighted by atomic mass is 10.1. The number of rotatable bonds is 4. The van der Waals surface area contributed by atoms with Gasteiger partial charge in [-0.2, -0.15) is 5.10 Å². The number of aromatic nitrogens is 2. The number of aliphatic hydroxyl groups is 1. The van der Waals surface area contributed by atoms with Crippen molar-refractivity contribution in [3.63, 3.8) is 0 Å². The Morgan fingerprint density at radius 1 is 1.22 bits per heavy atom. The smallest absolute Gasteiger partial charge is 0.0808 e. The minimum Gasteiger partial charge on any atom is -0.388 e. The third-order valence-corrected chi connectivity index (χ3v) is 3.13. The van der Waals surface area contributed by atoms with Crippen molar-refractivity contribution in [1.29, 1.82) is 0 Å². The Hall–Kier alpha value is -1.61. The van der Waals surface area contributed by atoms with Gasteiger partial charge in [-0.1, -0.05) is 39.0 Å². The number of benzene rings is 1. The Labute approximate surface area is 108 Å². The van der Waals surface area contributed by atoms with Gasteiger partial charge in [-0.05, 0) is 24.5 Å². The van der Waals surface area contributed by atoms with E-state index in [1.807, 2.05) is 48.1 Å². The van der Waals surface area contributed by atoms with Crippen LogP contribution in [-0.4, -0.2) is 14.9 Å². The Morgan fingerprint density at radius 3 is 2.56 bits per heavy atom. The molecule has 0 aliphatic heterocycles. The third-order valence-electron chi connectivity index (χ3n) is 3.13. The number of aliphatic hydroxyl groups excluding tert-OH is 1. The van der Waals surface area contributed by atoms with E-state index in [0.29, 0.717) is 12.3 Å². The molecule has 0 fully saturated rings. The summed E-state index contributed by atoms with van der Waals surface area (Å²) < 4.78 is 1.85. The van der Waals surface area contributed by atoms with Gasteiger partial charge in [0.05, 0.1) is 17.5 Å². The molecule has 18 heavy (non-hydrogen) atoms. The summed E-state index contributed by atoms with van der Waals surface area (Å²) in [5.41, 5.74) is 2.95. The molecule has 3 nitrogen and oxygen atoms in total. The van der Waals surface area contributed by atoms with E-state index >= 15 is 0 Å². The van der Waals surface area contributed by atoms with Gasteiger partial charge in [0.2, 0.25) is 0 Å². The van der Waals surface area contributed by atoms with E-state index in [1.54, 1.807) is 0 Å². The quantitative estimate of drug-likeness (QED) is 0.894. The van der Waals surface area contributed by atoms with E-state index in [4.69, 9.17) is 0 Å². The molecule has 0 aliphatic carbocycles. The molecular weight excluding hydrogens is 224 g/mol. The fraction of sp³-hybridized carbons (Fsp3) is 0.400. The molecule has 2 rings (SSSR count). The normalized spacial score (nSPS) is 12.9. The van der Waals surface area contributed by atoms with Crippen LogP contribution in [0.3, 0.4) is 0 Å². The second kappa shape index (κ2) is 5.36. The lowest BCUT2D eigenvalue weighted by Gasteiger charge is -2.13. The van der Waals surface area contributed by atoms with Gasteiger partial charge in [-0.3, -0.25) is 0 Å². The summed E-state index contributed by atoms with van der Waals surface area (Å²) in [4.78, 5) is 0. The van der Waals surface area contributed by atoms with Crippen molar-refractivity contribution < 1.29 is 5.11 Å². The first-order chi connectivity index (χ1) is 8.63. The summed E-state index contributed by atoms with van der Waals surface area (Å²) in [6.45, 7) is 6.23. The lowest BCUT2D eigenvalue weighted by molar-refractivity contribution is 0.173. The molecule has 0 amide bonds. The maximum atomic E-state index is 10.0. The highest BCUT2D eigenvalue weighted by atomic mass is 16.3.